The fourth-order valence-corrected chi connectivity index (χ4v) is 1.42. The average Bonchev–Trinajstić information content (AvgIpc) is 2.19. The van der Waals surface area contributed by atoms with Gasteiger partial charge in [-0.3, -0.25) is 0 Å². The Morgan fingerprint density at radius 3 is 2.93 bits per heavy atom. The van der Waals surface area contributed by atoms with E-state index >= 15 is 0 Å². The maximum atomic E-state index is 4.31. The smallest absolute Gasteiger partial charge is 0.128 e. The molecule has 0 radical (unpaired) electrons. The SMILES string of the molecule is C=CCCCN(C)c1ccc(Br)cn1. The predicted molar refractivity (Wildman–Crippen MR) is 64.6 cm³/mol. The van der Waals surface area contributed by atoms with E-state index < -0.39 is 0 Å². The zero-order valence-corrected chi connectivity index (χ0v) is 10.00. The number of halogens is 1. The third kappa shape index (κ3) is 3.50. The maximum absolute atomic E-state index is 4.31. The second-order valence-corrected chi connectivity index (χ2v) is 4.10. The van der Waals surface area contributed by atoms with Crippen LogP contribution in [-0.2, 0) is 0 Å². The number of hydrogen-bond acceptors (Lipinski definition) is 2. The first kappa shape index (κ1) is 11.2. The molecule has 3 heteroatoms. The molecule has 1 aromatic rings. The molecule has 0 saturated carbocycles. The van der Waals surface area contributed by atoms with E-state index in [-0.39, 0.29) is 0 Å². The molecule has 14 heavy (non-hydrogen) atoms. The van der Waals surface area contributed by atoms with Crippen molar-refractivity contribution in [2.45, 2.75) is 12.8 Å². The van der Waals surface area contributed by atoms with E-state index in [1.165, 1.54) is 0 Å². The second-order valence-electron chi connectivity index (χ2n) is 3.19. The number of nitrogens with zero attached hydrogens (tertiary/aromatic N) is 2. The highest BCUT2D eigenvalue weighted by atomic mass is 79.9. The van der Waals surface area contributed by atoms with Crippen molar-refractivity contribution in [1.82, 2.24) is 4.98 Å². The molecule has 0 aliphatic heterocycles. The summed E-state index contributed by atoms with van der Waals surface area (Å²) >= 11 is 3.36. The van der Waals surface area contributed by atoms with Crippen LogP contribution in [0.5, 0.6) is 0 Å². The summed E-state index contributed by atoms with van der Waals surface area (Å²) in [5.41, 5.74) is 0. The van der Waals surface area contributed by atoms with Gasteiger partial charge in [0, 0.05) is 24.3 Å². The summed E-state index contributed by atoms with van der Waals surface area (Å²) in [6.45, 7) is 4.72. The Morgan fingerprint density at radius 2 is 2.36 bits per heavy atom. The van der Waals surface area contributed by atoms with E-state index in [9.17, 15) is 0 Å². The van der Waals surface area contributed by atoms with Gasteiger partial charge in [-0.1, -0.05) is 6.08 Å². The minimum Gasteiger partial charge on any atom is -0.360 e. The molecule has 1 aromatic heterocycles. The Labute approximate surface area is 93.8 Å². The number of anilines is 1. The topological polar surface area (TPSA) is 16.1 Å². The summed E-state index contributed by atoms with van der Waals surface area (Å²) in [6, 6.07) is 4.02. The van der Waals surface area contributed by atoms with Crippen molar-refractivity contribution in [3.05, 3.63) is 35.5 Å². The lowest BCUT2D eigenvalue weighted by Gasteiger charge is -2.17. The Balaban J connectivity index is 2.47. The Hall–Kier alpha value is -0.830. The highest BCUT2D eigenvalue weighted by Crippen LogP contribution is 2.13. The second kappa shape index (κ2) is 5.81. The minimum absolute atomic E-state index is 1.01. The van der Waals surface area contributed by atoms with Gasteiger partial charge >= 0.3 is 0 Å². The lowest BCUT2D eigenvalue weighted by Crippen LogP contribution is -2.19. The quantitative estimate of drug-likeness (QED) is 0.593. The monoisotopic (exact) mass is 254 g/mol. The first-order valence-corrected chi connectivity index (χ1v) is 5.47. The van der Waals surface area contributed by atoms with Crippen molar-refractivity contribution in [1.29, 1.82) is 0 Å². The van der Waals surface area contributed by atoms with Crippen LogP contribution in [0.15, 0.2) is 35.5 Å². The molecule has 0 aliphatic rings. The number of unbranched alkanes of at least 4 members (excludes halogenated alkanes) is 1. The normalized spacial score (nSPS) is 9.86. The average molecular weight is 255 g/mol. The molecule has 0 fully saturated rings. The van der Waals surface area contributed by atoms with Gasteiger partial charge in [0.05, 0.1) is 0 Å². The molecule has 1 heterocycles. The van der Waals surface area contributed by atoms with Gasteiger partial charge in [0.1, 0.15) is 5.82 Å². The third-order valence-corrected chi connectivity index (χ3v) is 2.47. The third-order valence-electron chi connectivity index (χ3n) is 2.00. The molecule has 1 rings (SSSR count). The van der Waals surface area contributed by atoms with Gasteiger partial charge < -0.3 is 4.90 Å². The number of rotatable bonds is 5. The van der Waals surface area contributed by atoms with Gasteiger partial charge in [-0.15, -0.1) is 6.58 Å². The molecule has 76 valence electrons. The van der Waals surface area contributed by atoms with Gasteiger partial charge in [0.15, 0.2) is 0 Å². The van der Waals surface area contributed by atoms with E-state index in [0.29, 0.717) is 0 Å². The van der Waals surface area contributed by atoms with Crippen LogP contribution >= 0.6 is 15.9 Å². The van der Waals surface area contributed by atoms with Gasteiger partial charge in [0.2, 0.25) is 0 Å². The number of aromatic nitrogens is 1. The maximum Gasteiger partial charge on any atom is 0.128 e. The Kier molecular flexibility index (Phi) is 4.66. The first-order chi connectivity index (χ1) is 6.74. The van der Waals surface area contributed by atoms with Crippen LogP contribution in [0, 0.1) is 0 Å². The number of allylic oxidation sites excluding steroid dienone is 1. The standard InChI is InChI=1S/C11H15BrN2/c1-3-4-5-8-14(2)11-7-6-10(12)9-13-11/h3,6-7,9H,1,4-5,8H2,2H3. The summed E-state index contributed by atoms with van der Waals surface area (Å²) in [7, 11) is 2.05. The lowest BCUT2D eigenvalue weighted by atomic mass is 10.3. The Morgan fingerprint density at radius 1 is 1.57 bits per heavy atom. The number of hydrogen-bond donors (Lipinski definition) is 0. The molecule has 0 atom stereocenters. The summed E-state index contributed by atoms with van der Waals surface area (Å²) in [5, 5.41) is 0. The highest BCUT2D eigenvalue weighted by molar-refractivity contribution is 9.10. The van der Waals surface area contributed by atoms with Crippen LogP contribution < -0.4 is 4.90 Å². The van der Waals surface area contributed by atoms with E-state index in [0.717, 1.165) is 29.7 Å². The van der Waals surface area contributed by atoms with E-state index in [1.54, 1.807) is 0 Å². The van der Waals surface area contributed by atoms with Gasteiger partial charge in [-0.2, -0.15) is 0 Å². The number of pyridine rings is 1. The molecule has 0 unspecified atom stereocenters. The van der Waals surface area contributed by atoms with E-state index in [1.807, 2.05) is 24.4 Å². The highest BCUT2D eigenvalue weighted by Gasteiger charge is 2.00. The fraction of sp³-hybridized carbons (Fsp3) is 0.364. The van der Waals surface area contributed by atoms with Crippen LogP contribution in [0.3, 0.4) is 0 Å². The van der Waals surface area contributed by atoms with E-state index in [4.69, 9.17) is 0 Å². The molecule has 0 amide bonds. The van der Waals surface area contributed by atoms with Crippen LogP contribution in [0.2, 0.25) is 0 Å². The van der Waals surface area contributed by atoms with Crippen molar-refractivity contribution in [2.24, 2.45) is 0 Å². The summed E-state index contributed by atoms with van der Waals surface area (Å²) in [6.07, 6.45) is 5.95. The Bertz CT molecular complexity index is 282. The molecule has 0 bridgehead atoms. The van der Waals surface area contributed by atoms with Crippen molar-refractivity contribution < 1.29 is 0 Å². The molecule has 0 spiro atoms. The summed E-state index contributed by atoms with van der Waals surface area (Å²) in [5.74, 6) is 1.01. The molecular weight excluding hydrogens is 240 g/mol. The minimum atomic E-state index is 1.01. The largest absolute Gasteiger partial charge is 0.360 e. The van der Waals surface area contributed by atoms with Crippen LogP contribution in [0.4, 0.5) is 5.82 Å². The summed E-state index contributed by atoms with van der Waals surface area (Å²) in [4.78, 5) is 6.46. The molecule has 2 nitrogen and oxygen atoms in total. The summed E-state index contributed by atoms with van der Waals surface area (Å²) < 4.78 is 1.01. The zero-order valence-electron chi connectivity index (χ0n) is 8.41. The van der Waals surface area contributed by atoms with Crippen molar-refractivity contribution in [2.75, 3.05) is 18.5 Å². The first-order valence-electron chi connectivity index (χ1n) is 4.67. The zero-order chi connectivity index (χ0) is 10.4. The fourth-order valence-electron chi connectivity index (χ4n) is 1.18. The predicted octanol–water partition coefficient (Wildman–Crippen LogP) is 3.25. The van der Waals surface area contributed by atoms with Crippen molar-refractivity contribution in [3.8, 4) is 0 Å². The molecule has 0 aliphatic carbocycles. The molecule has 0 N–H and O–H groups in total. The van der Waals surface area contributed by atoms with Gasteiger partial charge in [-0.25, -0.2) is 4.98 Å². The lowest BCUT2D eigenvalue weighted by molar-refractivity contribution is 0.792. The van der Waals surface area contributed by atoms with Crippen molar-refractivity contribution >= 4 is 21.7 Å². The van der Waals surface area contributed by atoms with Crippen LogP contribution in [0.1, 0.15) is 12.8 Å². The van der Waals surface area contributed by atoms with Gasteiger partial charge in [-0.05, 0) is 40.9 Å². The van der Waals surface area contributed by atoms with Crippen molar-refractivity contribution in [3.63, 3.8) is 0 Å². The van der Waals surface area contributed by atoms with E-state index in [2.05, 4.69) is 39.4 Å². The van der Waals surface area contributed by atoms with Crippen LogP contribution in [0.25, 0.3) is 0 Å². The molecule has 0 aromatic carbocycles. The van der Waals surface area contributed by atoms with Crippen LogP contribution in [-0.4, -0.2) is 18.6 Å². The van der Waals surface area contributed by atoms with Gasteiger partial charge in [0.25, 0.3) is 0 Å². The molecular formula is C11H15BrN2. The molecule has 0 saturated heterocycles.